The Balaban J connectivity index is 1.70. The van der Waals surface area contributed by atoms with Gasteiger partial charge in [0.2, 0.25) is 5.88 Å². The highest BCUT2D eigenvalue weighted by Gasteiger charge is 2.19. The molecule has 134 valence electrons. The largest absolute Gasteiger partial charge is 0.472 e. The number of nitrogens with one attached hydrogen (secondary N) is 1. The van der Waals surface area contributed by atoms with E-state index in [4.69, 9.17) is 9.47 Å². The van der Waals surface area contributed by atoms with Gasteiger partial charge in [-0.3, -0.25) is 0 Å². The normalized spacial score (nSPS) is 16.8. The van der Waals surface area contributed by atoms with E-state index in [1.165, 1.54) is 23.9 Å². The zero-order valence-electron chi connectivity index (χ0n) is 14.2. The Hall–Kier alpha value is -2.38. The number of thioether (sulfide) groups is 1. The van der Waals surface area contributed by atoms with E-state index in [-0.39, 0.29) is 11.9 Å². The van der Waals surface area contributed by atoms with Gasteiger partial charge in [0.1, 0.15) is 11.9 Å². The maximum atomic E-state index is 13.3. The Morgan fingerprint density at radius 1 is 1.23 bits per heavy atom. The molecule has 1 aromatic carbocycles. The fourth-order valence-electron chi connectivity index (χ4n) is 2.88. The zero-order chi connectivity index (χ0) is 17.9. The van der Waals surface area contributed by atoms with Crippen LogP contribution < -0.4 is 4.74 Å². The van der Waals surface area contributed by atoms with Crippen LogP contribution in [0.5, 0.6) is 5.88 Å². The second kappa shape index (κ2) is 7.47. The molecule has 0 amide bonds. The average molecular weight is 371 g/mol. The van der Waals surface area contributed by atoms with E-state index in [0.717, 1.165) is 40.7 Å². The molecule has 0 aliphatic carbocycles. The molecule has 26 heavy (non-hydrogen) atoms. The van der Waals surface area contributed by atoms with Crippen LogP contribution in [0.2, 0.25) is 0 Å². The number of aromatic amines is 1. The van der Waals surface area contributed by atoms with Gasteiger partial charge in [-0.1, -0.05) is 11.8 Å². The summed E-state index contributed by atoms with van der Waals surface area (Å²) in [6.07, 6.45) is 4.57. The van der Waals surface area contributed by atoms with Crippen LogP contribution in [-0.4, -0.2) is 40.5 Å². The number of aromatic nitrogens is 3. The summed E-state index contributed by atoms with van der Waals surface area (Å²) in [4.78, 5) is 12.3. The molecule has 7 heteroatoms. The van der Waals surface area contributed by atoms with Crippen LogP contribution >= 0.6 is 11.8 Å². The first-order valence-corrected chi connectivity index (χ1v) is 9.56. The number of H-pyrrole nitrogens is 1. The van der Waals surface area contributed by atoms with Crippen molar-refractivity contribution >= 4 is 11.8 Å². The van der Waals surface area contributed by atoms with E-state index < -0.39 is 0 Å². The van der Waals surface area contributed by atoms with Crippen molar-refractivity contribution in [2.24, 2.45) is 0 Å². The highest BCUT2D eigenvalue weighted by molar-refractivity contribution is 7.98. The summed E-state index contributed by atoms with van der Waals surface area (Å²) >= 11 is 1.52. The molecular weight excluding hydrogens is 353 g/mol. The minimum Gasteiger partial charge on any atom is -0.472 e. The fraction of sp³-hybridized carbons (Fsp3) is 0.263. The molecule has 1 aliphatic rings. The molecular formula is C19H18FN3O2S. The number of ether oxygens (including phenoxy) is 2. The monoisotopic (exact) mass is 371 g/mol. The number of nitrogens with zero attached hydrogens (tertiary/aromatic N) is 2. The van der Waals surface area contributed by atoms with Gasteiger partial charge in [-0.15, -0.1) is 0 Å². The standard InChI is InChI=1S/C19H18FN3O2S/c1-26-19-22-17(12-2-4-14(20)5-3-12)18(23-19)13-6-8-21-16(10-13)25-15-7-9-24-11-15/h2-6,8,10,15H,7,9,11H2,1H3,(H,22,23). The minimum atomic E-state index is -0.265. The molecule has 1 N–H and O–H groups in total. The fourth-order valence-corrected chi connectivity index (χ4v) is 3.27. The van der Waals surface area contributed by atoms with Gasteiger partial charge in [-0.2, -0.15) is 0 Å². The van der Waals surface area contributed by atoms with Gasteiger partial charge in [-0.25, -0.2) is 14.4 Å². The third-order valence-electron chi connectivity index (χ3n) is 4.19. The molecule has 1 unspecified atom stereocenters. The van der Waals surface area contributed by atoms with Gasteiger partial charge >= 0.3 is 0 Å². The molecule has 0 spiro atoms. The molecule has 1 atom stereocenters. The summed E-state index contributed by atoms with van der Waals surface area (Å²) in [7, 11) is 0. The van der Waals surface area contributed by atoms with Gasteiger partial charge in [0.15, 0.2) is 5.16 Å². The minimum absolute atomic E-state index is 0.0373. The number of hydrogen-bond acceptors (Lipinski definition) is 5. The van der Waals surface area contributed by atoms with Crippen molar-refractivity contribution in [3.8, 4) is 28.4 Å². The van der Waals surface area contributed by atoms with E-state index in [1.807, 2.05) is 18.4 Å². The Morgan fingerprint density at radius 2 is 2.08 bits per heavy atom. The highest BCUT2D eigenvalue weighted by Crippen LogP contribution is 2.33. The first-order valence-electron chi connectivity index (χ1n) is 8.33. The van der Waals surface area contributed by atoms with Crippen LogP contribution in [0.15, 0.2) is 47.8 Å². The van der Waals surface area contributed by atoms with E-state index in [1.54, 1.807) is 18.3 Å². The topological polar surface area (TPSA) is 60.0 Å². The van der Waals surface area contributed by atoms with Crippen molar-refractivity contribution < 1.29 is 13.9 Å². The van der Waals surface area contributed by atoms with Crippen molar-refractivity contribution in [2.75, 3.05) is 19.5 Å². The van der Waals surface area contributed by atoms with Crippen LogP contribution in [0, 0.1) is 5.82 Å². The SMILES string of the molecule is CSc1nc(-c2ccnc(OC3CCOC3)c2)c(-c2ccc(F)cc2)[nH]1. The zero-order valence-corrected chi connectivity index (χ0v) is 15.1. The molecule has 0 radical (unpaired) electrons. The van der Waals surface area contributed by atoms with Crippen molar-refractivity contribution in [1.82, 2.24) is 15.0 Å². The molecule has 0 saturated carbocycles. The third kappa shape index (κ3) is 3.59. The van der Waals surface area contributed by atoms with Crippen LogP contribution in [0.25, 0.3) is 22.5 Å². The number of pyridine rings is 1. The molecule has 4 rings (SSSR count). The summed E-state index contributed by atoms with van der Waals surface area (Å²) in [5.74, 6) is 0.287. The van der Waals surface area contributed by atoms with Crippen molar-refractivity contribution in [2.45, 2.75) is 17.7 Å². The number of benzene rings is 1. The van der Waals surface area contributed by atoms with Crippen molar-refractivity contribution in [3.05, 3.63) is 48.4 Å². The molecule has 0 bridgehead atoms. The van der Waals surface area contributed by atoms with E-state index in [9.17, 15) is 4.39 Å². The third-order valence-corrected chi connectivity index (χ3v) is 4.77. The van der Waals surface area contributed by atoms with Crippen LogP contribution in [0.1, 0.15) is 6.42 Å². The predicted octanol–water partition coefficient (Wildman–Crippen LogP) is 4.17. The van der Waals surface area contributed by atoms with Gasteiger partial charge in [0, 0.05) is 29.8 Å². The van der Waals surface area contributed by atoms with Gasteiger partial charge in [0.25, 0.3) is 0 Å². The molecule has 1 fully saturated rings. The highest BCUT2D eigenvalue weighted by atomic mass is 32.2. The molecule has 1 aliphatic heterocycles. The summed E-state index contributed by atoms with van der Waals surface area (Å²) < 4.78 is 24.5. The average Bonchev–Trinajstić information content (AvgIpc) is 3.32. The van der Waals surface area contributed by atoms with Crippen LogP contribution in [-0.2, 0) is 4.74 Å². The predicted molar refractivity (Wildman–Crippen MR) is 98.8 cm³/mol. The maximum Gasteiger partial charge on any atom is 0.214 e. The molecule has 3 aromatic rings. The van der Waals surface area contributed by atoms with Gasteiger partial charge < -0.3 is 14.5 Å². The number of rotatable bonds is 5. The maximum absolute atomic E-state index is 13.3. The molecule has 2 aromatic heterocycles. The van der Waals surface area contributed by atoms with E-state index >= 15 is 0 Å². The summed E-state index contributed by atoms with van der Waals surface area (Å²) in [5, 5.41) is 0.794. The van der Waals surface area contributed by atoms with Gasteiger partial charge in [-0.05, 0) is 36.6 Å². The summed E-state index contributed by atoms with van der Waals surface area (Å²) in [6, 6.07) is 10.1. The lowest BCUT2D eigenvalue weighted by atomic mass is 10.1. The quantitative estimate of drug-likeness (QED) is 0.682. The molecule has 5 nitrogen and oxygen atoms in total. The lowest BCUT2D eigenvalue weighted by Gasteiger charge is -2.11. The van der Waals surface area contributed by atoms with Crippen molar-refractivity contribution in [1.29, 1.82) is 0 Å². The van der Waals surface area contributed by atoms with E-state index in [0.29, 0.717) is 12.5 Å². The Bertz CT molecular complexity index is 892. The smallest absolute Gasteiger partial charge is 0.214 e. The second-order valence-corrected chi connectivity index (χ2v) is 6.76. The van der Waals surface area contributed by atoms with Crippen LogP contribution in [0.3, 0.4) is 0 Å². The van der Waals surface area contributed by atoms with Crippen LogP contribution in [0.4, 0.5) is 4.39 Å². The number of halogens is 1. The Kier molecular flexibility index (Phi) is 4.90. The molecule has 3 heterocycles. The first-order chi connectivity index (χ1) is 12.7. The molecule has 1 saturated heterocycles. The lowest BCUT2D eigenvalue weighted by Crippen LogP contribution is -2.16. The number of hydrogen-bond donors (Lipinski definition) is 1. The number of imidazole rings is 1. The Labute approximate surface area is 155 Å². The Morgan fingerprint density at radius 3 is 2.81 bits per heavy atom. The van der Waals surface area contributed by atoms with Crippen molar-refractivity contribution in [3.63, 3.8) is 0 Å². The van der Waals surface area contributed by atoms with E-state index in [2.05, 4.69) is 15.0 Å². The van der Waals surface area contributed by atoms with Gasteiger partial charge in [0.05, 0.1) is 24.6 Å². The summed E-state index contributed by atoms with van der Waals surface area (Å²) in [6.45, 7) is 1.31. The first kappa shape index (κ1) is 17.1. The lowest BCUT2D eigenvalue weighted by molar-refractivity contribution is 0.138. The second-order valence-electron chi connectivity index (χ2n) is 5.96. The summed E-state index contributed by atoms with van der Waals surface area (Å²) in [5.41, 5.74) is 3.40.